The number of aryl methyl sites for hydroxylation is 1. The fourth-order valence-electron chi connectivity index (χ4n) is 3.10. The second-order valence-corrected chi connectivity index (χ2v) is 9.95. The van der Waals surface area contributed by atoms with Crippen LogP contribution < -0.4 is 14.8 Å². The topological polar surface area (TPSA) is 93.2 Å². The molecule has 1 aliphatic rings. The molecule has 1 heterocycles. The van der Waals surface area contributed by atoms with Gasteiger partial charge >= 0.3 is 0 Å². The van der Waals surface area contributed by atoms with Crippen molar-refractivity contribution in [2.75, 3.05) is 18.5 Å². The molecule has 1 aromatic heterocycles. The summed E-state index contributed by atoms with van der Waals surface area (Å²) >= 11 is 0. The van der Waals surface area contributed by atoms with Crippen LogP contribution >= 0.6 is 0 Å². The average Bonchev–Trinajstić information content (AvgIpc) is 2.60. The van der Waals surface area contributed by atoms with Gasteiger partial charge < -0.3 is 10.1 Å². The van der Waals surface area contributed by atoms with Crippen LogP contribution in [-0.4, -0.2) is 42.8 Å². The zero-order chi connectivity index (χ0) is 19.9. The van der Waals surface area contributed by atoms with Crippen molar-refractivity contribution in [1.29, 1.82) is 0 Å². The number of sulfonamides is 1. The first-order valence-electron chi connectivity index (χ1n) is 10.0. The summed E-state index contributed by atoms with van der Waals surface area (Å²) in [7, 11) is -3.19. The Morgan fingerprint density at radius 3 is 2.56 bits per heavy atom. The number of nitrogens with zero attached hydrogens (tertiary/aromatic N) is 2. The van der Waals surface area contributed by atoms with Crippen molar-refractivity contribution >= 4 is 16.0 Å². The van der Waals surface area contributed by atoms with E-state index < -0.39 is 10.0 Å². The van der Waals surface area contributed by atoms with Gasteiger partial charge in [-0.25, -0.2) is 18.1 Å². The van der Waals surface area contributed by atoms with E-state index in [1.165, 1.54) is 0 Å². The number of hydrogen-bond acceptors (Lipinski definition) is 6. The standard InChI is InChI=1S/C19H34N4O3S/c1-5-6-11-26-18-12-15(4)21-19(22-18)20-13-16-7-9-17(10-8-16)23-27(24,25)14(2)3/h12,14,16-17,23H,5-11,13H2,1-4H3,(H,20,21,22). The van der Waals surface area contributed by atoms with Gasteiger partial charge in [0.05, 0.1) is 11.9 Å². The molecule has 0 saturated heterocycles. The molecule has 0 spiro atoms. The number of anilines is 1. The molecule has 0 atom stereocenters. The van der Waals surface area contributed by atoms with Gasteiger partial charge in [0, 0.05) is 24.3 Å². The van der Waals surface area contributed by atoms with E-state index in [4.69, 9.17) is 4.74 Å². The van der Waals surface area contributed by atoms with Crippen LogP contribution in [0.5, 0.6) is 5.88 Å². The highest BCUT2D eigenvalue weighted by Crippen LogP contribution is 2.25. The van der Waals surface area contributed by atoms with Crippen molar-refractivity contribution in [3.63, 3.8) is 0 Å². The normalized spacial score (nSPS) is 20.6. The van der Waals surface area contributed by atoms with Gasteiger partial charge in [-0.15, -0.1) is 0 Å². The summed E-state index contributed by atoms with van der Waals surface area (Å²) in [5.74, 6) is 1.72. The Kier molecular flexibility index (Phi) is 8.28. The quantitative estimate of drug-likeness (QED) is 0.588. The maximum Gasteiger partial charge on any atom is 0.226 e. The van der Waals surface area contributed by atoms with Crippen LogP contribution in [0.2, 0.25) is 0 Å². The molecule has 0 aliphatic heterocycles. The highest BCUT2D eigenvalue weighted by atomic mass is 32.2. The van der Waals surface area contributed by atoms with Gasteiger partial charge in [0.15, 0.2) is 0 Å². The molecule has 2 rings (SSSR count). The van der Waals surface area contributed by atoms with Crippen molar-refractivity contribution in [3.05, 3.63) is 11.8 Å². The molecule has 1 aromatic rings. The van der Waals surface area contributed by atoms with E-state index in [2.05, 4.69) is 26.9 Å². The van der Waals surface area contributed by atoms with Crippen molar-refractivity contribution in [1.82, 2.24) is 14.7 Å². The third-order valence-corrected chi connectivity index (χ3v) is 6.83. The Bertz CT molecular complexity index is 686. The number of rotatable bonds is 10. The van der Waals surface area contributed by atoms with Crippen LogP contribution in [0.25, 0.3) is 0 Å². The molecule has 27 heavy (non-hydrogen) atoms. The molecule has 0 aromatic carbocycles. The first kappa shape index (κ1) is 21.9. The van der Waals surface area contributed by atoms with E-state index in [9.17, 15) is 8.42 Å². The first-order valence-corrected chi connectivity index (χ1v) is 11.6. The summed E-state index contributed by atoms with van der Waals surface area (Å²) < 4.78 is 32.5. The maximum absolute atomic E-state index is 12.0. The lowest BCUT2D eigenvalue weighted by Crippen LogP contribution is -2.41. The summed E-state index contributed by atoms with van der Waals surface area (Å²) in [6, 6.07) is 1.91. The molecule has 0 amide bonds. The fraction of sp³-hybridized carbons (Fsp3) is 0.789. The monoisotopic (exact) mass is 398 g/mol. The molecule has 0 bridgehead atoms. The van der Waals surface area contributed by atoms with Crippen molar-refractivity contribution < 1.29 is 13.2 Å². The summed E-state index contributed by atoms with van der Waals surface area (Å²) in [5, 5.41) is 2.94. The van der Waals surface area contributed by atoms with E-state index in [0.29, 0.717) is 24.4 Å². The predicted octanol–water partition coefficient (Wildman–Crippen LogP) is 3.26. The number of ether oxygens (including phenoxy) is 1. The highest BCUT2D eigenvalue weighted by Gasteiger charge is 2.26. The lowest BCUT2D eigenvalue weighted by molar-refractivity contribution is 0.297. The lowest BCUT2D eigenvalue weighted by Gasteiger charge is -2.29. The van der Waals surface area contributed by atoms with E-state index in [1.54, 1.807) is 13.8 Å². The Hall–Kier alpha value is -1.41. The minimum atomic E-state index is -3.19. The molecule has 1 saturated carbocycles. The molecule has 1 fully saturated rings. The van der Waals surface area contributed by atoms with E-state index in [-0.39, 0.29) is 11.3 Å². The SMILES string of the molecule is CCCCOc1cc(C)nc(NCC2CCC(NS(=O)(=O)C(C)C)CC2)n1. The second-order valence-electron chi connectivity index (χ2n) is 7.68. The van der Waals surface area contributed by atoms with E-state index in [1.807, 2.05) is 13.0 Å². The van der Waals surface area contributed by atoms with Crippen LogP contribution in [0, 0.1) is 12.8 Å². The van der Waals surface area contributed by atoms with Crippen LogP contribution in [0.15, 0.2) is 6.07 Å². The third-order valence-electron chi connectivity index (χ3n) is 4.93. The van der Waals surface area contributed by atoms with Crippen molar-refractivity contribution in [2.24, 2.45) is 5.92 Å². The van der Waals surface area contributed by atoms with Gasteiger partial charge in [0.2, 0.25) is 21.9 Å². The summed E-state index contributed by atoms with van der Waals surface area (Å²) in [6.07, 6.45) is 5.82. The lowest BCUT2D eigenvalue weighted by atomic mass is 9.86. The highest BCUT2D eigenvalue weighted by molar-refractivity contribution is 7.90. The predicted molar refractivity (Wildman–Crippen MR) is 109 cm³/mol. The van der Waals surface area contributed by atoms with Crippen LogP contribution in [0.4, 0.5) is 5.95 Å². The summed E-state index contributed by atoms with van der Waals surface area (Å²) in [4.78, 5) is 8.87. The largest absolute Gasteiger partial charge is 0.478 e. The zero-order valence-corrected chi connectivity index (χ0v) is 17.8. The molecular formula is C19H34N4O3S. The van der Waals surface area contributed by atoms with Gasteiger partial charge in [-0.05, 0) is 58.8 Å². The summed E-state index contributed by atoms with van der Waals surface area (Å²) in [6.45, 7) is 8.94. The zero-order valence-electron chi connectivity index (χ0n) is 17.0. The number of nitrogens with one attached hydrogen (secondary N) is 2. The van der Waals surface area contributed by atoms with Crippen LogP contribution in [-0.2, 0) is 10.0 Å². The molecule has 154 valence electrons. The van der Waals surface area contributed by atoms with Crippen molar-refractivity contribution in [3.8, 4) is 5.88 Å². The van der Waals surface area contributed by atoms with E-state index in [0.717, 1.165) is 50.8 Å². The smallest absolute Gasteiger partial charge is 0.226 e. The number of hydrogen-bond donors (Lipinski definition) is 2. The number of unbranched alkanes of at least 4 members (excludes halogenated alkanes) is 1. The van der Waals surface area contributed by atoms with Gasteiger partial charge in [-0.2, -0.15) is 4.98 Å². The minimum absolute atomic E-state index is 0.0578. The van der Waals surface area contributed by atoms with Gasteiger partial charge in [0.25, 0.3) is 0 Å². The van der Waals surface area contributed by atoms with Crippen LogP contribution in [0.1, 0.15) is 65.0 Å². The second kappa shape index (κ2) is 10.2. The first-order chi connectivity index (χ1) is 12.8. The van der Waals surface area contributed by atoms with Crippen LogP contribution in [0.3, 0.4) is 0 Å². The Morgan fingerprint density at radius 2 is 1.93 bits per heavy atom. The maximum atomic E-state index is 12.0. The van der Waals surface area contributed by atoms with Gasteiger partial charge in [-0.1, -0.05) is 13.3 Å². The van der Waals surface area contributed by atoms with Gasteiger partial charge in [-0.3, -0.25) is 0 Å². The molecule has 1 aliphatic carbocycles. The molecule has 0 radical (unpaired) electrons. The number of aromatic nitrogens is 2. The Balaban J connectivity index is 1.79. The molecular weight excluding hydrogens is 364 g/mol. The molecule has 8 heteroatoms. The molecule has 2 N–H and O–H groups in total. The minimum Gasteiger partial charge on any atom is -0.478 e. The Morgan fingerprint density at radius 1 is 1.22 bits per heavy atom. The van der Waals surface area contributed by atoms with E-state index >= 15 is 0 Å². The summed E-state index contributed by atoms with van der Waals surface area (Å²) in [5.41, 5.74) is 0.880. The third kappa shape index (κ3) is 7.25. The Labute approximate surface area is 163 Å². The van der Waals surface area contributed by atoms with Gasteiger partial charge in [0.1, 0.15) is 0 Å². The molecule has 0 unspecified atom stereocenters. The molecule has 7 nitrogen and oxygen atoms in total. The fourth-order valence-corrected chi connectivity index (χ4v) is 4.07. The van der Waals surface area contributed by atoms with Crippen molar-refractivity contribution in [2.45, 2.75) is 77.5 Å². The average molecular weight is 399 g/mol.